The Balaban J connectivity index is 2.05. The van der Waals surface area contributed by atoms with Gasteiger partial charge in [-0.15, -0.1) is 0 Å². The summed E-state index contributed by atoms with van der Waals surface area (Å²) in [6, 6.07) is 0. The number of ether oxygens (including phenoxy) is 3. The second-order valence-electron chi connectivity index (χ2n) is 5.50. The summed E-state index contributed by atoms with van der Waals surface area (Å²) in [5.74, 6) is 0.358. The highest BCUT2D eigenvalue weighted by atomic mass is 16.7. The maximum Gasteiger partial charge on any atom is 0.174 e. The minimum Gasteiger partial charge on any atom is -0.381 e. The molecular weight excluding hydrogens is 232 g/mol. The minimum absolute atomic E-state index is 0.00125. The van der Waals surface area contributed by atoms with Crippen LogP contribution >= 0.6 is 0 Å². The second-order valence-corrected chi connectivity index (χ2v) is 5.50. The predicted octanol–water partition coefficient (Wildman–Crippen LogP) is 1.69. The molecule has 1 aliphatic heterocycles. The second kappa shape index (κ2) is 4.44. The van der Waals surface area contributed by atoms with E-state index in [9.17, 15) is 4.79 Å². The number of carbonyl (C=O) groups excluding carboxylic acids is 1. The van der Waals surface area contributed by atoms with E-state index in [0.717, 1.165) is 37.5 Å². The Morgan fingerprint density at radius 3 is 2.89 bits per heavy atom. The van der Waals surface area contributed by atoms with Crippen molar-refractivity contribution in [2.75, 3.05) is 14.2 Å². The fourth-order valence-electron chi connectivity index (χ4n) is 3.93. The number of hydrogen-bond acceptors (Lipinski definition) is 4. The van der Waals surface area contributed by atoms with Gasteiger partial charge in [0.15, 0.2) is 6.29 Å². The van der Waals surface area contributed by atoms with Crippen LogP contribution in [0.5, 0.6) is 0 Å². The van der Waals surface area contributed by atoms with Crippen molar-refractivity contribution in [2.45, 2.75) is 44.2 Å². The topological polar surface area (TPSA) is 44.8 Å². The molecule has 2 fully saturated rings. The van der Waals surface area contributed by atoms with Crippen LogP contribution in [0.25, 0.3) is 0 Å². The lowest BCUT2D eigenvalue weighted by Gasteiger charge is -2.32. The average molecular weight is 252 g/mol. The molecule has 0 aromatic heterocycles. The van der Waals surface area contributed by atoms with Crippen molar-refractivity contribution >= 4 is 6.29 Å². The molecule has 0 aromatic rings. The van der Waals surface area contributed by atoms with E-state index < -0.39 is 11.7 Å². The molecule has 4 nitrogen and oxygen atoms in total. The first-order valence-electron chi connectivity index (χ1n) is 6.64. The van der Waals surface area contributed by atoms with Crippen molar-refractivity contribution in [1.82, 2.24) is 0 Å². The lowest BCUT2D eigenvalue weighted by molar-refractivity contribution is -0.183. The van der Waals surface area contributed by atoms with Gasteiger partial charge in [-0.05, 0) is 31.3 Å². The maximum absolute atomic E-state index is 11.7. The molecule has 100 valence electrons. The smallest absolute Gasteiger partial charge is 0.174 e. The van der Waals surface area contributed by atoms with Gasteiger partial charge in [0.1, 0.15) is 11.7 Å². The Morgan fingerprint density at radius 1 is 1.39 bits per heavy atom. The van der Waals surface area contributed by atoms with Crippen LogP contribution in [0.2, 0.25) is 0 Å². The van der Waals surface area contributed by atoms with Crippen molar-refractivity contribution < 1.29 is 19.0 Å². The standard InChI is InChI=1S/C14H20O4/c1-16-11-6-7-14(8-15)10-5-3-4-9(11)12(10)18-13(14)17-2/h5,8-9,11-13H,3-4,6-7H2,1-2H3/t9-,11+,12-,13?,14+/m1/s1. The number of carbonyl (C=O) groups is 1. The van der Waals surface area contributed by atoms with E-state index in [2.05, 4.69) is 6.08 Å². The van der Waals surface area contributed by atoms with E-state index in [-0.39, 0.29) is 12.2 Å². The van der Waals surface area contributed by atoms with Gasteiger partial charge in [-0.3, -0.25) is 0 Å². The van der Waals surface area contributed by atoms with E-state index in [1.165, 1.54) is 0 Å². The van der Waals surface area contributed by atoms with Gasteiger partial charge < -0.3 is 19.0 Å². The van der Waals surface area contributed by atoms with Crippen LogP contribution in [0.3, 0.4) is 0 Å². The molecule has 4 heteroatoms. The highest BCUT2D eigenvalue weighted by Gasteiger charge is 2.59. The third-order valence-electron chi connectivity index (χ3n) is 4.84. The highest BCUT2D eigenvalue weighted by Crippen LogP contribution is 2.54. The summed E-state index contributed by atoms with van der Waals surface area (Å²) in [7, 11) is 3.37. The van der Waals surface area contributed by atoms with Crippen LogP contribution in [0.4, 0.5) is 0 Å². The Kier molecular flexibility index (Phi) is 3.04. The number of methoxy groups -OCH3 is 2. The van der Waals surface area contributed by atoms with Gasteiger partial charge in [-0.25, -0.2) is 0 Å². The van der Waals surface area contributed by atoms with E-state index in [0.29, 0.717) is 5.92 Å². The molecule has 2 aliphatic carbocycles. The maximum atomic E-state index is 11.7. The van der Waals surface area contributed by atoms with E-state index in [4.69, 9.17) is 14.2 Å². The summed E-state index contributed by atoms with van der Waals surface area (Å²) < 4.78 is 17.0. The third-order valence-corrected chi connectivity index (χ3v) is 4.84. The van der Waals surface area contributed by atoms with Crippen molar-refractivity contribution in [2.24, 2.45) is 11.3 Å². The summed E-state index contributed by atoms with van der Waals surface area (Å²) in [6.45, 7) is 0. The lowest BCUT2D eigenvalue weighted by Crippen LogP contribution is -2.37. The Hall–Kier alpha value is -0.710. The normalized spacial score (nSPS) is 46.4. The van der Waals surface area contributed by atoms with Gasteiger partial charge in [-0.1, -0.05) is 6.08 Å². The molecule has 1 unspecified atom stereocenters. The minimum atomic E-state index is -0.578. The molecule has 1 saturated carbocycles. The van der Waals surface area contributed by atoms with Crippen molar-refractivity contribution in [3.8, 4) is 0 Å². The molecule has 0 radical (unpaired) electrons. The van der Waals surface area contributed by atoms with Gasteiger partial charge in [-0.2, -0.15) is 0 Å². The molecule has 1 saturated heterocycles. The molecule has 0 amide bonds. The van der Waals surface area contributed by atoms with Crippen LogP contribution in [0, 0.1) is 11.3 Å². The summed E-state index contributed by atoms with van der Waals surface area (Å²) in [5.41, 5.74) is 0.561. The average Bonchev–Trinajstić information content (AvgIpc) is 2.70. The van der Waals surface area contributed by atoms with Gasteiger partial charge in [0.2, 0.25) is 0 Å². The zero-order valence-electron chi connectivity index (χ0n) is 10.9. The first-order chi connectivity index (χ1) is 8.76. The molecule has 1 heterocycles. The van der Waals surface area contributed by atoms with Gasteiger partial charge in [0.05, 0.1) is 12.2 Å². The van der Waals surface area contributed by atoms with Crippen molar-refractivity contribution in [1.29, 1.82) is 0 Å². The molecule has 5 atom stereocenters. The third kappa shape index (κ3) is 1.46. The monoisotopic (exact) mass is 252 g/mol. The summed E-state index contributed by atoms with van der Waals surface area (Å²) >= 11 is 0. The molecule has 0 spiro atoms. The largest absolute Gasteiger partial charge is 0.381 e. The molecule has 3 aliphatic rings. The van der Waals surface area contributed by atoms with E-state index in [1.807, 2.05) is 0 Å². The van der Waals surface area contributed by atoms with Gasteiger partial charge >= 0.3 is 0 Å². The first-order valence-corrected chi connectivity index (χ1v) is 6.64. The number of aldehydes is 1. The van der Waals surface area contributed by atoms with Gasteiger partial charge in [0, 0.05) is 20.1 Å². The quantitative estimate of drug-likeness (QED) is 0.566. The lowest BCUT2D eigenvalue weighted by atomic mass is 9.75. The van der Waals surface area contributed by atoms with Crippen molar-refractivity contribution in [3.05, 3.63) is 11.6 Å². The van der Waals surface area contributed by atoms with Crippen LogP contribution in [0.1, 0.15) is 25.7 Å². The summed E-state index contributed by atoms with van der Waals surface area (Å²) in [5, 5.41) is 0. The fraction of sp³-hybridized carbons (Fsp3) is 0.786. The van der Waals surface area contributed by atoms with Crippen LogP contribution in [0.15, 0.2) is 11.6 Å². The van der Waals surface area contributed by atoms with Crippen LogP contribution < -0.4 is 0 Å². The first kappa shape index (κ1) is 12.3. The highest BCUT2D eigenvalue weighted by molar-refractivity contribution is 5.68. The molecule has 18 heavy (non-hydrogen) atoms. The summed E-state index contributed by atoms with van der Waals surface area (Å²) in [6.07, 6.45) is 6.72. The SMILES string of the molecule is COC1O[C@H]2C3=CCC[C@@H]2[C@@H](OC)CC[C@]31C=O. The molecule has 3 rings (SSSR count). The Bertz CT molecular complexity index is 378. The van der Waals surface area contributed by atoms with Crippen LogP contribution in [-0.4, -0.2) is 39.0 Å². The number of hydrogen-bond donors (Lipinski definition) is 0. The van der Waals surface area contributed by atoms with Crippen LogP contribution in [-0.2, 0) is 19.0 Å². The number of rotatable bonds is 3. The number of allylic oxidation sites excluding steroid dienone is 1. The summed E-state index contributed by atoms with van der Waals surface area (Å²) in [4.78, 5) is 11.7. The van der Waals surface area contributed by atoms with E-state index in [1.54, 1.807) is 14.2 Å². The molecule has 4 bridgehead atoms. The van der Waals surface area contributed by atoms with Gasteiger partial charge in [0.25, 0.3) is 0 Å². The molecular formula is C14H20O4. The fourth-order valence-corrected chi connectivity index (χ4v) is 3.93. The Labute approximate surface area is 107 Å². The zero-order valence-corrected chi connectivity index (χ0v) is 10.9. The van der Waals surface area contributed by atoms with E-state index >= 15 is 0 Å². The Morgan fingerprint density at radius 2 is 2.22 bits per heavy atom. The predicted molar refractivity (Wildman–Crippen MR) is 65.0 cm³/mol. The van der Waals surface area contributed by atoms with Crippen molar-refractivity contribution in [3.63, 3.8) is 0 Å². The molecule has 0 aromatic carbocycles. The zero-order chi connectivity index (χ0) is 12.8. The molecule has 0 N–H and O–H groups in total.